The van der Waals surface area contributed by atoms with Crippen LogP contribution >= 0.6 is 22.6 Å². The molecule has 0 aromatic heterocycles. The van der Waals surface area contributed by atoms with Crippen LogP contribution in [0.4, 0.5) is 4.39 Å². The number of carboxylic acids is 1. The molecule has 2 aromatic carbocycles. The van der Waals surface area contributed by atoms with Gasteiger partial charge in [0.05, 0.1) is 16.6 Å². The number of halogens is 2. The van der Waals surface area contributed by atoms with Gasteiger partial charge in [0, 0.05) is 53.4 Å². The molecule has 0 saturated heterocycles. The lowest BCUT2D eigenvalue weighted by Crippen LogP contribution is -2.40. The predicted octanol–water partition coefficient (Wildman–Crippen LogP) is 6.30. The quantitative estimate of drug-likeness (QED) is 0.316. The number of ketones is 2. The molecule has 7 nitrogen and oxygen atoms in total. The van der Waals surface area contributed by atoms with E-state index in [2.05, 4.69) is 22.6 Å². The second-order valence-electron chi connectivity index (χ2n) is 10.1. The van der Waals surface area contributed by atoms with Crippen molar-refractivity contribution in [1.82, 2.24) is 4.90 Å². The Morgan fingerprint density at radius 1 is 1.02 bits per heavy atom. The smallest absolute Gasteiger partial charge is 0.305 e. The molecule has 9 heteroatoms. The first-order valence-corrected chi connectivity index (χ1v) is 14.7. The van der Waals surface area contributed by atoms with E-state index < -0.39 is 11.9 Å². The molecule has 0 radical (unpaired) electrons. The Morgan fingerprint density at radius 3 is 2.27 bits per heavy atom. The summed E-state index contributed by atoms with van der Waals surface area (Å²) < 4.78 is 27.0. The SMILES string of the molecule is CCOc1cc(C2C3=C(CCCC3=O)N(CCC(=O)O)C3=C2C(=O)CCC3)cc(I)c1OCc1ccccc1F. The molecule has 0 amide bonds. The standard InChI is InChI=1S/C31H31FINO6/c1-2-39-26-16-19(15-21(33)31(26)40-17-18-7-3-4-8-20(18)32)28-29-22(9-5-11-24(29)35)34(14-13-27(37)38)23-10-6-12-25(36)30(23)28/h3-4,7-8,15-16,28H,2,5-6,9-14,17H2,1H3,(H,37,38). The van der Waals surface area contributed by atoms with E-state index in [1.807, 2.05) is 24.0 Å². The minimum atomic E-state index is -0.919. The normalized spacial score (nSPS) is 17.6. The molecule has 1 heterocycles. The van der Waals surface area contributed by atoms with Crippen molar-refractivity contribution in [2.24, 2.45) is 0 Å². The summed E-state index contributed by atoms with van der Waals surface area (Å²) >= 11 is 2.15. The summed E-state index contributed by atoms with van der Waals surface area (Å²) in [5, 5.41) is 9.40. The Labute approximate surface area is 246 Å². The highest BCUT2D eigenvalue weighted by Crippen LogP contribution is 2.50. The van der Waals surface area contributed by atoms with Crippen molar-refractivity contribution in [2.45, 2.75) is 64.4 Å². The van der Waals surface area contributed by atoms with Crippen molar-refractivity contribution in [2.75, 3.05) is 13.2 Å². The molecule has 210 valence electrons. The monoisotopic (exact) mass is 659 g/mol. The van der Waals surface area contributed by atoms with Crippen LogP contribution < -0.4 is 9.47 Å². The van der Waals surface area contributed by atoms with Crippen molar-refractivity contribution < 1.29 is 33.4 Å². The van der Waals surface area contributed by atoms with Crippen LogP contribution in [0.5, 0.6) is 11.5 Å². The van der Waals surface area contributed by atoms with Crippen LogP contribution in [0, 0.1) is 9.39 Å². The summed E-state index contributed by atoms with van der Waals surface area (Å²) in [4.78, 5) is 40.4. The Hall–Kier alpha value is -3.21. The van der Waals surface area contributed by atoms with Crippen molar-refractivity contribution in [3.05, 3.63) is 79.5 Å². The maximum atomic E-state index is 14.2. The first-order chi connectivity index (χ1) is 19.3. The number of allylic oxidation sites excluding steroid dienone is 4. The molecule has 2 aromatic rings. The van der Waals surface area contributed by atoms with Crippen molar-refractivity contribution in [1.29, 1.82) is 0 Å². The fourth-order valence-corrected chi connectivity index (χ4v) is 6.73. The zero-order valence-corrected chi connectivity index (χ0v) is 24.5. The van der Waals surface area contributed by atoms with Gasteiger partial charge in [-0.3, -0.25) is 14.4 Å². The average Bonchev–Trinajstić information content (AvgIpc) is 2.92. The predicted molar refractivity (Wildman–Crippen MR) is 155 cm³/mol. The number of Topliss-reactive ketones (excluding diaryl/α,β-unsaturated/α-hetero) is 2. The van der Waals surface area contributed by atoms with E-state index in [4.69, 9.17) is 9.47 Å². The largest absolute Gasteiger partial charge is 0.490 e. The van der Waals surface area contributed by atoms with Gasteiger partial charge in [-0.25, -0.2) is 4.39 Å². The Kier molecular flexibility index (Phi) is 8.58. The average molecular weight is 659 g/mol. The van der Waals surface area contributed by atoms with Gasteiger partial charge in [0.15, 0.2) is 23.1 Å². The number of carbonyl (C=O) groups is 3. The Bertz CT molecular complexity index is 1390. The fourth-order valence-electron chi connectivity index (χ4n) is 5.95. The first-order valence-electron chi connectivity index (χ1n) is 13.6. The van der Waals surface area contributed by atoms with Crippen molar-refractivity contribution in [3.63, 3.8) is 0 Å². The van der Waals surface area contributed by atoms with Gasteiger partial charge in [-0.05, 0) is 79.0 Å². The van der Waals surface area contributed by atoms with Crippen molar-refractivity contribution >= 4 is 40.1 Å². The van der Waals surface area contributed by atoms with E-state index in [0.29, 0.717) is 73.3 Å². The minimum Gasteiger partial charge on any atom is -0.490 e. The number of ether oxygens (including phenoxy) is 2. The lowest BCUT2D eigenvalue weighted by atomic mass is 9.71. The fraction of sp³-hybridized carbons (Fsp3) is 0.387. The van der Waals surface area contributed by atoms with E-state index in [1.165, 1.54) is 6.07 Å². The van der Waals surface area contributed by atoms with E-state index in [1.54, 1.807) is 18.2 Å². The molecule has 0 spiro atoms. The second-order valence-corrected chi connectivity index (χ2v) is 11.3. The summed E-state index contributed by atoms with van der Waals surface area (Å²) in [6.07, 6.45) is 3.38. The van der Waals surface area contributed by atoms with Gasteiger partial charge < -0.3 is 19.5 Å². The zero-order chi connectivity index (χ0) is 28.4. The number of carboxylic acid groups (broad SMARTS) is 1. The van der Waals surface area contributed by atoms with E-state index >= 15 is 0 Å². The molecule has 0 fully saturated rings. The van der Waals surface area contributed by atoms with Gasteiger partial charge in [-0.2, -0.15) is 0 Å². The molecule has 1 aliphatic heterocycles. The van der Waals surface area contributed by atoms with Crippen LogP contribution in [0.15, 0.2) is 58.9 Å². The number of rotatable bonds is 9. The van der Waals surface area contributed by atoms with E-state index in [-0.39, 0.29) is 37.0 Å². The minimum absolute atomic E-state index is 0.00986. The maximum absolute atomic E-state index is 14.2. The lowest BCUT2D eigenvalue weighted by molar-refractivity contribution is -0.137. The summed E-state index contributed by atoms with van der Waals surface area (Å²) in [5.41, 5.74) is 4.03. The van der Waals surface area contributed by atoms with Crippen LogP contribution in [0.2, 0.25) is 0 Å². The molecule has 1 N–H and O–H groups in total. The highest BCUT2D eigenvalue weighted by molar-refractivity contribution is 14.1. The van der Waals surface area contributed by atoms with Crippen LogP contribution in [0.25, 0.3) is 0 Å². The van der Waals surface area contributed by atoms with Crippen LogP contribution in [0.1, 0.15) is 68.9 Å². The lowest BCUT2D eigenvalue weighted by Gasteiger charge is -2.44. The highest BCUT2D eigenvalue weighted by atomic mass is 127. The highest BCUT2D eigenvalue weighted by Gasteiger charge is 2.43. The molecule has 0 unspecified atom stereocenters. The topological polar surface area (TPSA) is 93.1 Å². The number of nitrogens with zero attached hydrogens (tertiary/aromatic N) is 1. The number of hydrogen-bond acceptors (Lipinski definition) is 6. The molecule has 40 heavy (non-hydrogen) atoms. The van der Waals surface area contributed by atoms with Crippen LogP contribution in [-0.4, -0.2) is 40.7 Å². The molecule has 5 rings (SSSR count). The third-order valence-electron chi connectivity index (χ3n) is 7.63. The van der Waals surface area contributed by atoms with Gasteiger partial charge >= 0.3 is 5.97 Å². The van der Waals surface area contributed by atoms with Crippen LogP contribution in [-0.2, 0) is 21.0 Å². The second kappa shape index (κ2) is 12.1. The molecular weight excluding hydrogens is 628 g/mol. The van der Waals surface area contributed by atoms with E-state index in [9.17, 15) is 23.9 Å². The summed E-state index contributed by atoms with van der Waals surface area (Å²) in [5.74, 6) is -0.912. The molecule has 0 bridgehead atoms. The van der Waals surface area contributed by atoms with Gasteiger partial charge in [0.2, 0.25) is 0 Å². The third-order valence-corrected chi connectivity index (χ3v) is 8.43. The number of aliphatic carboxylic acids is 1. The van der Waals surface area contributed by atoms with Gasteiger partial charge in [-0.1, -0.05) is 18.2 Å². The van der Waals surface area contributed by atoms with Gasteiger partial charge in [0.1, 0.15) is 12.4 Å². The Balaban J connectivity index is 1.61. The molecule has 0 atom stereocenters. The molecule has 0 saturated carbocycles. The number of carbonyl (C=O) groups excluding carboxylic acids is 2. The molecule has 2 aliphatic carbocycles. The van der Waals surface area contributed by atoms with Gasteiger partial charge in [0.25, 0.3) is 0 Å². The number of benzene rings is 2. The summed E-state index contributed by atoms with van der Waals surface area (Å²) in [6, 6.07) is 10.2. The maximum Gasteiger partial charge on any atom is 0.305 e. The zero-order valence-electron chi connectivity index (χ0n) is 22.3. The van der Waals surface area contributed by atoms with Crippen LogP contribution in [0.3, 0.4) is 0 Å². The first kappa shape index (κ1) is 28.3. The molecule has 3 aliphatic rings. The number of hydrogen-bond donors (Lipinski definition) is 1. The summed E-state index contributed by atoms with van der Waals surface area (Å²) in [7, 11) is 0. The van der Waals surface area contributed by atoms with Gasteiger partial charge in [-0.15, -0.1) is 0 Å². The summed E-state index contributed by atoms with van der Waals surface area (Å²) in [6.45, 7) is 2.47. The third kappa shape index (κ3) is 5.53. The molecular formula is C31H31FINO6. The Morgan fingerprint density at radius 2 is 1.68 bits per heavy atom. The van der Waals surface area contributed by atoms with E-state index in [0.717, 1.165) is 20.5 Å². The van der Waals surface area contributed by atoms with Crippen molar-refractivity contribution in [3.8, 4) is 11.5 Å².